The van der Waals surface area contributed by atoms with E-state index in [0.717, 1.165) is 22.9 Å². The van der Waals surface area contributed by atoms with Crippen molar-refractivity contribution in [2.45, 2.75) is 26.8 Å². The average molecular weight is 363 g/mol. The van der Waals surface area contributed by atoms with Crippen molar-refractivity contribution in [1.82, 2.24) is 4.57 Å². The predicted octanol–water partition coefficient (Wildman–Crippen LogP) is 2.20. The highest BCUT2D eigenvalue weighted by molar-refractivity contribution is 6.25. The topological polar surface area (TPSA) is 97.7 Å². The van der Waals surface area contributed by atoms with Crippen molar-refractivity contribution in [2.75, 3.05) is 0 Å². The maximum absolute atomic E-state index is 12.7. The van der Waals surface area contributed by atoms with E-state index in [1.807, 2.05) is 32.0 Å². The van der Waals surface area contributed by atoms with Crippen molar-refractivity contribution in [2.24, 2.45) is 4.99 Å². The van der Waals surface area contributed by atoms with E-state index in [1.165, 1.54) is 18.2 Å². The number of non-ortho nitro benzene ring substituents is 1. The number of amides is 1. The zero-order chi connectivity index (χ0) is 19.3. The molecule has 1 N–H and O–H groups in total. The van der Waals surface area contributed by atoms with Gasteiger partial charge in [0, 0.05) is 29.3 Å². The van der Waals surface area contributed by atoms with E-state index in [1.54, 1.807) is 4.57 Å². The van der Waals surface area contributed by atoms with Crippen molar-refractivity contribution in [3.8, 4) is 5.88 Å². The molecule has 0 saturated carbocycles. The zero-order valence-electron chi connectivity index (χ0n) is 14.9. The number of aromatic hydroxyl groups is 1. The van der Waals surface area contributed by atoms with E-state index in [0.29, 0.717) is 22.7 Å². The lowest BCUT2D eigenvalue weighted by atomic mass is 10.00. The molecule has 0 radical (unpaired) electrons. The third-order valence-corrected chi connectivity index (χ3v) is 4.98. The Balaban J connectivity index is 2.18. The Morgan fingerprint density at radius 3 is 2.67 bits per heavy atom. The number of nitrogens with zero attached hydrogens (tertiary/aromatic N) is 3. The number of rotatable bonds is 4. The number of carbonyl (C=O) groups excluding carboxylic acids is 1. The maximum atomic E-state index is 12.7. The second kappa shape index (κ2) is 6.05. The molecule has 2 heterocycles. The van der Waals surface area contributed by atoms with Crippen LogP contribution in [0.3, 0.4) is 0 Å². The molecule has 7 heteroatoms. The number of para-hydroxylation sites is 1. The second-order valence-electron chi connectivity index (χ2n) is 6.36. The van der Waals surface area contributed by atoms with Crippen LogP contribution in [0.15, 0.2) is 41.4 Å². The number of aryl methyl sites for hydroxylation is 2. The van der Waals surface area contributed by atoms with E-state index in [2.05, 4.69) is 4.99 Å². The lowest BCUT2D eigenvalue weighted by Crippen LogP contribution is -2.23. The first kappa shape index (κ1) is 17.0. The van der Waals surface area contributed by atoms with E-state index in [9.17, 15) is 20.0 Å². The monoisotopic (exact) mass is 363 g/mol. The van der Waals surface area contributed by atoms with Crippen LogP contribution in [0.1, 0.15) is 25.0 Å². The molecule has 27 heavy (non-hydrogen) atoms. The molecule has 7 nitrogen and oxygen atoms in total. The second-order valence-corrected chi connectivity index (χ2v) is 6.36. The molecule has 0 unspecified atom stereocenters. The van der Waals surface area contributed by atoms with Gasteiger partial charge in [0.2, 0.25) is 0 Å². The highest BCUT2D eigenvalue weighted by Crippen LogP contribution is 2.38. The van der Waals surface area contributed by atoms with Crippen LogP contribution in [0.5, 0.6) is 5.88 Å². The summed E-state index contributed by atoms with van der Waals surface area (Å²) in [6, 6.07) is 9.86. The molecule has 1 amide bonds. The number of nitro groups is 1. The predicted molar refractivity (Wildman–Crippen MR) is 100 cm³/mol. The summed E-state index contributed by atoms with van der Waals surface area (Å²) in [6.07, 6.45) is 0.774. The summed E-state index contributed by atoms with van der Waals surface area (Å²) in [5, 5.41) is 23.6. The van der Waals surface area contributed by atoms with E-state index in [4.69, 9.17) is 0 Å². The Hall–Kier alpha value is -3.48. The molecule has 0 atom stereocenters. The van der Waals surface area contributed by atoms with Gasteiger partial charge in [-0.2, -0.15) is 0 Å². The molecule has 1 aromatic heterocycles. The molecule has 0 saturated heterocycles. The van der Waals surface area contributed by atoms with Gasteiger partial charge in [0.1, 0.15) is 0 Å². The Kier molecular flexibility index (Phi) is 3.80. The third kappa shape index (κ3) is 2.35. The molecule has 4 rings (SSSR count). The van der Waals surface area contributed by atoms with Crippen LogP contribution < -0.4 is 10.6 Å². The van der Waals surface area contributed by atoms with Gasteiger partial charge in [0.05, 0.1) is 26.9 Å². The van der Waals surface area contributed by atoms with Gasteiger partial charge in [0.15, 0.2) is 5.88 Å². The molecule has 1 aliphatic rings. The number of aromatic nitrogens is 1. The number of benzene rings is 2. The van der Waals surface area contributed by atoms with Gasteiger partial charge in [-0.15, -0.1) is 0 Å². The molecule has 0 aliphatic carbocycles. The summed E-state index contributed by atoms with van der Waals surface area (Å²) >= 11 is 0. The van der Waals surface area contributed by atoms with Crippen molar-refractivity contribution in [3.05, 3.63) is 68.2 Å². The van der Waals surface area contributed by atoms with Gasteiger partial charge in [-0.1, -0.05) is 25.1 Å². The summed E-state index contributed by atoms with van der Waals surface area (Å²) in [5.41, 5.74) is 2.39. The van der Waals surface area contributed by atoms with Gasteiger partial charge in [0.25, 0.3) is 11.6 Å². The largest absolute Gasteiger partial charge is 0.494 e. The molecule has 2 aromatic carbocycles. The van der Waals surface area contributed by atoms with Crippen molar-refractivity contribution >= 4 is 28.1 Å². The van der Waals surface area contributed by atoms with Crippen LogP contribution >= 0.6 is 0 Å². The van der Waals surface area contributed by atoms with Crippen molar-refractivity contribution in [3.63, 3.8) is 0 Å². The van der Waals surface area contributed by atoms with Crippen molar-refractivity contribution in [1.29, 1.82) is 0 Å². The standard InChI is InChI=1S/C20H17N3O4/c1-3-11-6-5-7-13-17(20(25)22(4-2)18(11)13)16-14-10-12(23(26)27)8-9-15(14)21-19(16)24/h5-10,25H,3-4H2,1-2H3. The highest BCUT2D eigenvalue weighted by Gasteiger charge is 2.28. The Bertz CT molecular complexity index is 1250. The third-order valence-electron chi connectivity index (χ3n) is 4.98. The summed E-state index contributed by atoms with van der Waals surface area (Å²) in [7, 11) is 0. The van der Waals surface area contributed by atoms with Gasteiger partial charge in [-0.25, -0.2) is 4.99 Å². The molecule has 3 aromatic rings. The van der Waals surface area contributed by atoms with Gasteiger partial charge >= 0.3 is 0 Å². The number of carbonyl (C=O) groups is 1. The maximum Gasteiger partial charge on any atom is 0.279 e. The smallest absolute Gasteiger partial charge is 0.279 e. The SMILES string of the molecule is CCc1cccc2c(C3=c4cc([N+](=O)[O-])ccc4=NC3=O)c(O)n(CC)c12. The Labute approximate surface area is 154 Å². The minimum atomic E-state index is -0.509. The first-order valence-corrected chi connectivity index (χ1v) is 8.73. The number of fused-ring (bicyclic) bond motifs is 2. The molecule has 0 spiro atoms. The number of hydrogen-bond acceptors (Lipinski definition) is 4. The van der Waals surface area contributed by atoms with Crippen molar-refractivity contribution < 1.29 is 14.8 Å². The summed E-state index contributed by atoms with van der Waals surface area (Å²) < 4.78 is 1.76. The molecule has 1 aliphatic heterocycles. The number of hydrogen-bond donors (Lipinski definition) is 1. The van der Waals surface area contributed by atoms with Crippen LogP contribution in [0, 0.1) is 10.1 Å². The van der Waals surface area contributed by atoms with E-state index >= 15 is 0 Å². The first-order chi connectivity index (χ1) is 13.0. The average Bonchev–Trinajstić information content (AvgIpc) is 3.12. The lowest BCUT2D eigenvalue weighted by Gasteiger charge is -2.06. The van der Waals surface area contributed by atoms with Crippen LogP contribution in [0.25, 0.3) is 16.5 Å². The zero-order valence-corrected chi connectivity index (χ0v) is 14.9. The Morgan fingerprint density at radius 2 is 2.00 bits per heavy atom. The molecule has 0 fully saturated rings. The number of nitro benzene ring substituents is 1. The van der Waals surface area contributed by atoms with E-state index < -0.39 is 10.8 Å². The van der Waals surface area contributed by atoms with Crippen LogP contribution in [0.4, 0.5) is 5.69 Å². The summed E-state index contributed by atoms with van der Waals surface area (Å²) in [4.78, 5) is 27.3. The first-order valence-electron chi connectivity index (χ1n) is 8.73. The van der Waals surface area contributed by atoms with Crippen LogP contribution in [0.2, 0.25) is 0 Å². The van der Waals surface area contributed by atoms with Crippen LogP contribution in [-0.2, 0) is 17.8 Å². The fourth-order valence-corrected chi connectivity index (χ4v) is 3.77. The van der Waals surface area contributed by atoms with Crippen LogP contribution in [-0.4, -0.2) is 20.5 Å². The quantitative estimate of drug-likeness (QED) is 0.567. The fourth-order valence-electron chi connectivity index (χ4n) is 3.77. The minimum absolute atomic E-state index is 0.0219. The molecular weight excluding hydrogens is 346 g/mol. The minimum Gasteiger partial charge on any atom is -0.494 e. The van der Waals surface area contributed by atoms with Gasteiger partial charge in [-0.3, -0.25) is 14.9 Å². The molecular formula is C20H17N3O4. The van der Waals surface area contributed by atoms with E-state index in [-0.39, 0.29) is 17.1 Å². The molecule has 136 valence electrons. The molecule has 0 bridgehead atoms. The highest BCUT2D eigenvalue weighted by atomic mass is 16.6. The van der Waals surface area contributed by atoms with Gasteiger partial charge in [-0.05, 0) is 25.0 Å². The lowest BCUT2D eigenvalue weighted by molar-refractivity contribution is -0.385. The fraction of sp³-hybridized carbons (Fsp3) is 0.200. The normalized spacial score (nSPS) is 13.1. The van der Waals surface area contributed by atoms with Gasteiger partial charge < -0.3 is 9.67 Å². The summed E-state index contributed by atoms with van der Waals surface area (Å²) in [5.74, 6) is -0.524. The Morgan fingerprint density at radius 1 is 1.22 bits per heavy atom. The summed E-state index contributed by atoms with van der Waals surface area (Å²) in [6.45, 7) is 4.47.